The second-order valence-corrected chi connectivity index (χ2v) is 4.90. The molecule has 0 bridgehead atoms. The summed E-state index contributed by atoms with van der Waals surface area (Å²) in [7, 11) is 0. The van der Waals surface area contributed by atoms with E-state index in [0.717, 1.165) is 37.6 Å². The molecule has 0 saturated heterocycles. The van der Waals surface area contributed by atoms with Crippen LogP contribution < -0.4 is 10.1 Å². The van der Waals surface area contributed by atoms with Crippen LogP contribution in [0.15, 0.2) is 18.3 Å². The van der Waals surface area contributed by atoms with Crippen molar-refractivity contribution in [1.82, 2.24) is 15.2 Å². The van der Waals surface area contributed by atoms with Gasteiger partial charge in [0.15, 0.2) is 0 Å². The van der Waals surface area contributed by atoms with Gasteiger partial charge < -0.3 is 15.0 Å². The van der Waals surface area contributed by atoms with Gasteiger partial charge in [-0.25, -0.2) is 0 Å². The number of aromatic nitrogens is 1. The molecule has 0 aliphatic carbocycles. The summed E-state index contributed by atoms with van der Waals surface area (Å²) in [5.74, 6) is 0.848. The van der Waals surface area contributed by atoms with E-state index in [-0.39, 0.29) is 0 Å². The molecule has 0 aromatic carbocycles. The first-order valence-electron chi connectivity index (χ1n) is 7.19. The molecule has 0 saturated carbocycles. The molecule has 0 radical (unpaired) electrons. The topological polar surface area (TPSA) is 37.4 Å². The molecule has 0 atom stereocenters. The van der Waals surface area contributed by atoms with Crippen molar-refractivity contribution in [1.29, 1.82) is 0 Å². The van der Waals surface area contributed by atoms with Crippen LogP contribution in [0.5, 0.6) is 5.75 Å². The molecule has 1 aromatic heterocycles. The lowest BCUT2D eigenvalue weighted by Gasteiger charge is -2.17. The SMILES string of the molecule is CCN(CC)CCOc1ccc(CNC(C)C)nc1. The van der Waals surface area contributed by atoms with Crippen LogP contribution in [-0.4, -0.2) is 42.2 Å². The molecule has 1 rings (SSSR count). The Bertz CT molecular complexity index is 334. The molecular formula is C15H27N3O. The fraction of sp³-hybridized carbons (Fsp3) is 0.667. The molecule has 0 spiro atoms. The minimum atomic E-state index is 0.479. The van der Waals surface area contributed by atoms with Crippen LogP contribution in [0.2, 0.25) is 0 Å². The summed E-state index contributed by atoms with van der Waals surface area (Å²) < 4.78 is 5.70. The van der Waals surface area contributed by atoms with Gasteiger partial charge in [0.2, 0.25) is 0 Å². The summed E-state index contributed by atoms with van der Waals surface area (Å²) in [5, 5.41) is 3.34. The van der Waals surface area contributed by atoms with Crippen LogP contribution in [0, 0.1) is 0 Å². The van der Waals surface area contributed by atoms with Crippen molar-refractivity contribution in [2.45, 2.75) is 40.3 Å². The zero-order valence-electron chi connectivity index (χ0n) is 12.6. The van der Waals surface area contributed by atoms with Crippen molar-refractivity contribution in [2.24, 2.45) is 0 Å². The van der Waals surface area contributed by atoms with E-state index in [1.165, 1.54) is 0 Å². The number of hydrogen-bond donors (Lipinski definition) is 1. The molecule has 0 aliphatic rings. The first-order chi connectivity index (χ1) is 9.15. The number of nitrogens with one attached hydrogen (secondary N) is 1. The van der Waals surface area contributed by atoms with Crippen molar-refractivity contribution in [3.8, 4) is 5.75 Å². The molecule has 1 aromatic rings. The first-order valence-corrected chi connectivity index (χ1v) is 7.19. The lowest BCUT2D eigenvalue weighted by Crippen LogP contribution is -2.27. The summed E-state index contributed by atoms with van der Waals surface area (Å²) in [6.07, 6.45) is 1.81. The summed E-state index contributed by atoms with van der Waals surface area (Å²) in [6, 6.07) is 4.49. The Hall–Kier alpha value is -1.13. The van der Waals surface area contributed by atoms with Gasteiger partial charge in [0.1, 0.15) is 12.4 Å². The average molecular weight is 265 g/mol. The van der Waals surface area contributed by atoms with E-state index in [9.17, 15) is 0 Å². The summed E-state index contributed by atoms with van der Waals surface area (Å²) in [5.41, 5.74) is 1.05. The zero-order valence-corrected chi connectivity index (χ0v) is 12.6. The van der Waals surface area contributed by atoms with Crippen molar-refractivity contribution in [3.63, 3.8) is 0 Å². The number of nitrogens with zero attached hydrogens (tertiary/aromatic N) is 2. The Labute approximate surface area is 117 Å². The summed E-state index contributed by atoms with van der Waals surface area (Å²) >= 11 is 0. The highest BCUT2D eigenvalue weighted by Gasteiger charge is 2.01. The van der Waals surface area contributed by atoms with Gasteiger partial charge in [-0.2, -0.15) is 0 Å². The summed E-state index contributed by atoms with van der Waals surface area (Å²) in [4.78, 5) is 6.73. The van der Waals surface area contributed by atoms with E-state index in [1.54, 1.807) is 6.20 Å². The van der Waals surface area contributed by atoms with Gasteiger partial charge in [-0.15, -0.1) is 0 Å². The third-order valence-corrected chi connectivity index (χ3v) is 3.06. The summed E-state index contributed by atoms with van der Waals surface area (Å²) in [6.45, 7) is 13.2. The van der Waals surface area contributed by atoms with Crippen LogP contribution in [-0.2, 0) is 6.54 Å². The predicted octanol–water partition coefficient (Wildman–Crippen LogP) is 2.30. The second-order valence-electron chi connectivity index (χ2n) is 4.90. The predicted molar refractivity (Wildman–Crippen MR) is 79.5 cm³/mol. The zero-order chi connectivity index (χ0) is 14.1. The van der Waals surface area contributed by atoms with Crippen LogP contribution in [0.4, 0.5) is 0 Å². The molecule has 108 valence electrons. The Kier molecular flexibility index (Phi) is 7.45. The number of rotatable bonds is 9. The Morgan fingerprint density at radius 3 is 2.53 bits per heavy atom. The van der Waals surface area contributed by atoms with Gasteiger partial charge in [0.25, 0.3) is 0 Å². The number of ether oxygens (including phenoxy) is 1. The molecule has 0 aliphatic heterocycles. The van der Waals surface area contributed by atoms with Gasteiger partial charge in [-0.3, -0.25) is 4.98 Å². The molecule has 0 amide bonds. The lowest BCUT2D eigenvalue weighted by atomic mass is 10.3. The normalized spacial score (nSPS) is 11.3. The fourth-order valence-corrected chi connectivity index (χ4v) is 1.74. The number of hydrogen-bond acceptors (Lipinski definition) is 4. The van der Waals surface area contributed by atoms with Crippen molar-refractivity contribution in [3.05, 3.63) is 24.0 Å². The standard InChI is InChI=1S/C15H27N3O/c1-5-18(6-2)9-10-19-15-8-7-14(17-12-15)11-16-13(3)4/h7-8,12-13,16H,5-6,9-11H2,1-4H3. The van der Waals surface area contributed by atoms with E-state index in [4.69, 9.17) is 4.74 Å². The minimum absolute atomic E-state index is 0.479. The third kappa shape index (κ3) is 6.55. The van der Waals surface area contributed by atoms with Crippen molar-refractivity contribution in [2.75, 3.05) is 26.2 Å². The number of likely N-dealkylation sites (N-methyl/N-ethyl adjacent to an activating group) is 1. The molecule has 1 N–H and O–H groups in total. The molecular weight excluding hydrogens is 238 g/mol. The monoisotopic (exact) mass is 265 g/mol. The van der Waals surface area contributed by atoms with Gasteiger partial charge in [0, 0.05) is 19.1 Å². The van der Waals surface area contributed by atoms with Crippen LogP contribution in [0.3, 0.4) is 0 Å². The minimum Gasteiger partial charge on any atom is -0.491 e. The average Bonchev–Trinajstić information content (AvgIpc) is 2.42. The maximum atomic E-state index is 5.70. The third-order valence-electron chi connectivity index (χ3n) is 3.06. The Balaban J connectivity index is 2.31. The quantitative estimate of drug-likeness (QED) is 0.743. The molecule has 19 heavy (non-hydrogen) atoms. The second kappa shape index (κ2) is 8.88. The van der Waals surface area contributed by atoms with Gasteiger partial charge in [-0.1, -0.05) is 27.7 Å². The van der Waals surface area contributed by atoms with E-state index in [2.05, 4.69) is 42.9 Å². The van der Waals surface area contributed by atoms with Crippen LogP contribution >= 0.6 is 0 Å². The number of pyridine rings is 1. The highest BCUT2D eigenvalue weighted by atomic mass is 16.5. The molecule has 4 nitrogen and oxygen atoms in total. The van der Waals surface area contributed by atoms with Gasteiger partial charge in [0.05, 0.1) is 11.9 Å². The fourth-order valence-electron chi connectivity index (χ4n) is 1.74. The molecule has 0 unspecified atom stereocenters. The first kappa shape index (κ1) is 15.9. The van der Waals surface area contributed by atoms with Crippen molar-refractivity contribution < 1.29 is 4.74 Å². The maximum Gasteiger partial charge on any atom is 0.137 e. The highest BCUT2D eigenvalue weighted by Crippen LogP contribution is 2.09. The van der Waals surface area contributed by atoms with Gasteiger partial charge in [-0.05, 0) is 25.2 Å². The lowest BCUT2D eigenvalue weighted by molar-refractivity contribution is 0.222. The van der Waals surface area contributed by atoms with Crippen LogP contribution in [0.1, 0.15) is 33.4 Å². The van der Waals surface area contributed by atoms with E-state index in [1.807, 2.05) is 12.1 Å². The molecule has 4 heteroatoms. The highest BCUT2D eigenvalue weighted by molar-refractivity contribution is 5.19. The Morgan fingerprint density at radius 1 is 1.26 bits per heavy atom. The van der Waals surface area contributed by atoms with E-state index < -0.39 is 0 Å². The van der Waals surface area contributed by atoms with Crippen LogP contribution in [0.25, 0.3) is 0 Å². The van der Waals surface area contributed by atoms with E-state index in [0.29, 0.717) is 12.6 Å². The molecule has 0 fully saturated rings. The molecule has 1 heterocycles. The smallest absolute Gasteiger partial charge is 0.137 e. The van der Waals surface area contributed by atoms with Gasteiger partial charge >= 0.3 is 0 Å². The van der Waals surface area contributed by atoms with Crippen molar-refractivity contribution >= 4 is 0 Å². The maximum absolute atomic E-state index is 5.70. The largest absolute Gasteiger partial charge is 0.491 e. The van der Waals surface area contributed by atoms with E-state index >= 15 is 0 Å². The Morgan fingerprint density at radius 2 is 2.00 bits per heavy atom.